The van der Waals surface area contributed by atoms with E-state index in [1.54, 1.807) is 43.5 Å². The SMILES string of the molecule is COc1ccc(C(CCCC(c2ccc(F)cc2)N2CCN(CCc3ccccc3)CC2)c2cccc(C(CCCCc3ccc(F)cc3)N3CCN(Cc4ccc(F)cc4)CC3)c2)cc1. The molecule has 0 spiro atoms. The van der Waals surface area contributed by atoms with Gasteiger partial charge in [-0.05, 0) is 126 Å². The fourth-order valence-electron chi connectivity index (χ4n) is 10.3. The van der Waals surface area contributed by atoms with Crippen LogP contribution in [0, 0.1) is 17.5 Å². The molecule has 0 bridgehead atoms. The van der Waals surface area contributed by atoms with Crippen molar-refractivity contribution in [2.45, 2.75) is 75.9 Å². The Bertz CT molecular complexity index is 2330. The van der Waals surface area contributed by atoms with Crippen molar-refractivity contribution in [2.24, 2.45) is 0 Å². The van der Waals surface area contributed by atoms with E-state index in [1.165, 1.54) is 33.4 Å². The maximum atomic E-state index is 14.3. The third-order valence-electron chi connectivity index (χ3n) is 14.1. The molecule has 0 radical (unpaired) electrons. The molecular weight excluding hydrogens is 826 g/mol. The van der Waals surface area contributed by atoms with Gasteiger partial charge in [0.2, 0.25) is 0 Å². The van der Waals surface area contributed by atoms with Crippen LogP contribution in [0.2, 0.25) is 0 Å². The number of piperazine rings is 2. The molecule has 5 nitrogen and oxygen atoms in total. The number of hydrogen-bond acceptors (Lipinski definition) is 5. The van der Waals surface area contributed by atoms with Crippen molar-refractivity contribution in [3.63, 3.8) is 0 Å². The summed E-state index contributed by atoms with van der Waals surface area (Å²) in [6.45, 7) is 9.76. The second kappa shape index (κ2) is 24.0. The molecule has 0 aliphatic carbocycles. The van der Waals surface area contributed by atoms with Gasteiger partial charge in [0.05, 0.1) is 7.11 Å². The Morgan fingerprint density at radius 3 is 1.61 bits per heavy atom. The van der Waals surface area contributed by atoms with Crippen LogP contribution in [-0.4, -0.2) is 85.6 Å². The van der Waals surface area contributed by atoms with E-state index in [1.807, 2.05) is 36.4 Å². The van der Waals surface area contributed by atoms with E-state index in [0.29, 0.717) is 0 Å². The summed E-state index contributed by atoms with van der Waals surface area (Å²) in [5.41, 5.74) is 8.85. The van der Waals surface area contributed by atoms with Crippen molar-refractivity contribution in [3.05, 3.63) is 208 Å². The van der Waals surface area contributed by atoms with E-state index in [0.717, 1.165) is 128 Å². The zero-order valence-corrected chi connectivity index (χ0v) is 38.7. The second-order valence-electron chi connectivity index (χ2n) is 18.4. The molecule has 2 heterocycles. The van der Waals surface area contributed by atoms with Crippen LogP contribution >= 0.6 is 0 Å². The number of aryl methyl sites for hydroxylation is 1. The quantitative estimate of drug-likeness (QED) is 0.0670. The smallest absolute Gasteiger partial charge is 0.123 e. The lowest BCUT2D eigenvalue weighted by Crippen LogP contribution is -2.48. The number of unbranched alkanes of at least 4 members (excludes halogenated alkanes) is 1. The highest BCUT2D eigenvalue weighted by Gasteiger charge is 2.28. The van der Waals surface area contributed by atoms with Gasteiger partial charge in [0.25, 0.3) is 0 Å². The van der Waals surface area contributed by atoms with Gasteiger partial charge in [-0.3, -0.25) is 14.7 Å². The molecule has 3 unspecified atom stereocenters. The predicted molar refractivity (Wildman–Crippen MR) is 262 cm³/mol. The topological polar surface area (TPSA) is 22.2 Å². The average molecular weight is 893 g/mol. The molecule has 8 rings (SSSR count). The molecule has 346 valence electrons. The highest BCUT2D eigenvalue weighted by atomic mass is 19.1. The maximum Gasteiger partial charge on any atom is 0.123 e. The average Bonchev–Trinajstić information content (AvgIpc) is 3.36. The second-order valence-corrected chi connectivity index (χ2v) is 18.4. The molecule has 8 heteroatoms. The van der Waals surface area contributed by atoms with Crippen LogP contribution in [0.15, 0.2) is 152 Å². The third-order valence-corrected chi connectivity index (χ3v) is 14.1. The largest absolute Gasteiger partial charge is 0.497 e. The normalized spacial score (nSPS) is 16.8. The number of hydrogen-bond donors (Lipinski definition) is 0. The van der Waals surface area contributed by atoms with E-state index in [-0.39, 0.29) is 35.5 Å². The van der Waals surface area contributed by atoms with Crippen molar-refractivity contribution < 1.29 is 17.9 Å². The standard InChI is InChI=1S/C58H67F3N4O/c1-66-55-31-23-48(24-32-55)56(14-8-16-57(49-21-29-54(61)30-22-49)64-39-35-62(36-40-64)34-33-45-9-3-2-4-10-45)50-12-7-13-51(43-50)58(15-6-5-11-46-17-25-52(59)26-18-46)65-41-37-63(38-42-65)44-47-19-27-53(60)28-20-47/h2-4,7,9-10,12-13,17-32,43,56-58H,5-6,8,11,14-16,33-42,44H2,1H3. The van der Waals surface area contributed by atoms with Crippen molar-refractivity contribution in [1.82, 2.24) is 19.6 Å². The Morgan fingerprint density at radius 2 is 0.970 bits per heavy atom. The van der Waals surface area contributed by atoms with Gasteiger partial charge in [-0.25, -0.2) is 13.2 Å². The lowest BCUT2D eigenvalue weighted by Gasteiger charge is -2.40. The third kappa shape index (κ3) is 13.4. The summed E-state index contributed by atoms with van der Waals surface area (Å²) in [5, 5.41) is 0. The van der Waals surface area contributed by atoms with Gasteiger partial charge in [-0.1, -0.05) is 116 Å². The fraction of sp³-hybridized carbons (Fsp3) is 0.379. The summed E-state index contributed by atoms with van der Waals surface area (Å²) < 4.78 is 47.2. The molecule has 0 aromatic heterocycles. The van der Waals surface area contributed by atoms with Crippen LogP contribution in [0.25, 0.3) is 0 Å². The van der Waals surface area contributed by atoms with Gasteiger partial charge in [0, 0.05) is 83.4 Å². The molecule has 0 saturated carbocycles. The van der Waals surface area contributed by atoms with Gasteiger partial charge < -0.3 is 9.64 Å². The number of nitrogens with zero attached hydrogens (tertiary/aromatic N) is 4. The first kappa shape index (κ1) is 47.3. The minimum atomic E-state index is -0.198. The van der Waals surface area contributed by atoms with Gasteiger partial charge in [-0.15, -0.1) is 0 Å². The fourth-order valence-corrected chi connectivity index (χ4v) is 10.3. The van der Waals surface area contributed by atoms with Crippen molar-refractivity contribution in [3.8, 4) is 5.75 Å². The highest BCUT2D eigenvalue weighted by molar-refractivity contribution is 5.38. The molecule has 0 N–H and O–H groups in total. The summed E-state index contributed by atoms with van der Waals surface area (Å²) in [5.74, 6) is 0.453. The van der Waals surface area contributed by atoms with Crippen LogP contribution in [-0.2, 0) is 19.4 Å². The molecule has 2 saturated heterocycles. The minimum Gasteiger partial charge on any atom is -0.497 e. The summed E-state index contributed by atoms with van der Waals surface area (Å²) in [6, 6.07) is 50.3. The van der Waals surface area contributed by atoms with Crippen LogP contribution in [0.1, 0.15) is 95.5 Å². The lowest BCUT2D eigenvalue weighted by molar-refractivity contribution is 0.0865. The molecule has 3 atom stereocenters. The van der Waals surface area contributed by atoms with Gasteiger partial charge in [0.1, 0.15) is 23.2 Å². The van der Waals surface area contributed by atoms with Crippen molar-refractivity contribution in [2.75, 3.05) is 66.0 Å². The number of halogens is 3. The summed E-state index contributed by atoms with van der Waals surface area (Å²) in [7, 11) is 1.72. The summed E-state index contributed by atoms with van der Waals surface area (Å²) in [4.78, 5) is 10.4. The Kier molecular flexibility index (Phi) is 17.2. The summed E-state index contributed by atoms with van der Waals surface area (Å²) >= 11 is 0. The first-order valence-electron chi connectivity index (χ1n) is 24.3. The molecule has 6 aromatic carbocycles. The predicted octanol–water partition coefficient (Wildman–Crippen LogP) is 12.3. The molecule has 66 heavy (non-hydrogen) atoms. The van der Waals surface area contributed by atoms with Crippen LogP contribution < -0.4 is 4.74 Å². The zero-order chi connectivity index (χ0) is 45.5. The number of rotatable bonds is 21. The highest BCUT2D eigenvalue weighted by Crippen LogP contribution is 2.37. The lowest BCUT2D eigenvalue weighted by atomic mass is 9.84. The molecule has 2 aliphatic rings. The van der Waals surface area contributed by atoms with Gasteiger partial charge >= 0.3 is 0 Å². The molecule has 6 aromatic rings. The Balaban J connectivity index is 0.984. The molecular formula is C58H67F3N4O. The van der Waals surface area contributed by atoms with Gasteiger partial charge in [-0.2, -0.15) is 0 Å². The van der Waals surface area contributed by atoms with E-state index in [2.05, 4.69) is 98.5 Å². The van der Waals surface area contributed by atoms with Crippen molar-refractivity contribution >= 4 is 0 Å². The maximum absolute atomic E-state index is 14.3. The van der Waals surface area contributed by atoms with E-state index < -0.39 is 0 Å². The Hall–Kier alpha value is -5.25. The molecule has 2 fully saturated rings. The first-order valence-corrected chi connectivity index (χ1v) is 24.3. The Morgan fingerprint density at radius 1 is 0.439 bits per heavy atom. The summed E-state index contributed by atoms with van der Waals surface area (Å²) in [6.07, 6.45) is 8.12. The number of benzene rings is 6. The van der Waals surface area contributed by atoms with E-state index in [4.69, 9.17) is 4.74 Å². The minimum absolute atomic E-state index is 0.186. The Labute approximate surface area is 391 Å². The molecule has 2 aliphatic heterocycles. The number of ether oxygens (including phenoxy) is 1. The first-order chi connectivity index (χ1) is 32.4. The van der Waals surface area contributed by atoms with E-state index in [9.17, 15) is 13.2 Å². The monoisotopic (exact) mass is 893 g/mol. The van der Waals surface area contributed by atoms with Crippen LogP contribution in [0.3, 0.4) is 0 Å². The van der Waals surface area contributed by atoms with Crippen molar-refractivity contribution in [1.29, 1.82) is 0 Å². The van der Waals surface area contributed by atoms with E-state index >= 15 is 0 Å². The number of methoxy groups -OCH3 is 1. The van der Waals surface area contributed by atoms with Crippen LogP contribution in [0.4, 0.5) is 13.2 Å². The molecule has 0 amide bonds. The zero-order valence-electron chi connectivity index (χ0n) is 38.7. The van der Waals surface area contributed by atoms with Gasteiger partial charge in [0.15, 0.2) is 0 Å². The van der Waals surface area contributed by atoms with Crippen LogP contribution in [0.5, 0.6) is 5.75 Å².